The highest BCUT2D eigenvalue weighted by molar-refractivity contribution is 7.98. The number of amides is 3. The summed E-state index contributed by atoms with van der Waals surface area (Å²) in [6.45, 7) is 15.3. The third-order valence-electron chi connectivity index (χ3n) is 9.43. The molecule has 2 aliphatic carbocycles. The van der Waals surface area contributed by atoms with Crippen LogP contribution in [0.4, 0.5) is 0 Å². The van der Waals surface area contributed by atoms with E-state index in [1.165, 1.54) is 24.8 Å². The molecule has 3 fully saturated rings. The molecule has 6 rings (SSSR count). The quantitative estimate of drug-likeness (QED) is 0.0548. The number of carbonyl (C=O) groups excluding carboxylic acids is 3. The van der Waals surface area contributed by atoms with Crippen LogP contribution in [-0.2, 0) is 19.1 Å². The van der Waals surface area contributed by atoms with Gasteiger partial charge in [-0.05, 0) is 107 Å². The van der Waals surface area contributed by atoms with Crippen molar-refractivity contribution >= 4 is 52.4 Å². The molecule has 296 valence electrons. The van der Waals surface area contributed by atoms with Crippen molar-refractivity contribution in [2.75, 3.05) is 20.3 Å². The molecule has 11 nitrogen and oxygen atoms in total. The molecule has 3 amide bonds. The number of allylic oxidation sites excluding steroid dienone is 1. The minimum Gasteiger partial charge on any atom is -0.496 e. The normalized spacial score (nSPS) is 17.0. The van der Waals surface area contributed by atoms with Gasteiger partial charge in [0.05, 0.1) is 24.0 Å². The van der Waals surface area contributed by atoms with E-state index in [-0.39, 0.29) is 23.3 Å². The third-order valence-corrected chi connectivity index (χ3v) is 11.4. The van der Waals surface area contributed by atoms with Crippen LogP contribution in [-0.4, -0.2) is 76.8 Å². The summed E-state index contributed by atoms with van der Waals surface area (Å²) in [6.07, 6.45) is 12.2. The fourth-order valence-corrected chi connectivity index (χ4v) is 7.63. The van der Waals surface area contributed by atoms with Crippen molar-refractivity contribution in [3.63, 3.8) is 0 Å². The summed E-state index contributed by atoms with van der Waals surface area (Å²) in [6, 6.07) is 5.26. The van der Waals surface area contributed by atoms with Crippen LogP contribution in [0.2, 0.25) is 0 Å². The topological polar surface area (TPSA) is 143 Å². The van der Waals surface area contributed by atoms with Crippen molar-refractivity contribution < 1.29 is 23.9 Å². The van der Waals surface area contributed by atoms with E-state index in [0.29, 0.717) is 42.8 Å². The summed E-state index contributed by atoms with van der Waals surface area (Å²) in [5.41, 5.74) is 3.53. The van der Waals surface area contributed by atoms with Crippen LogP contribution in [0, 0.1) is 12.8 Å². The molecule has 3 aromatic rings. The Bertz CT molecular complexity index is 1750. The molecular formula is C41H59N5O6S2. The number of methoxy groups -OCH3 is 1. The van der Waals surface area contributed by atoms with Crippen LogP contribution in [0.15, 0.2) is 41.0 Å². The Labute approximate surface area is 328 Å². The molecule has 0 radical (unpaired) electrons. The zero-order valence-corrected chi connectivity index (χ0v) is 34.4. The number of nitrogens with one attached hydrogen (secondary N) is 3. The van der Waals surface area contributed by atoms with E-state index in [1.54, 1.807) is 35.5 Å². The van der Waals surface area contributed by atoms with E-state index < -0.39 is 6.10 Å². The van der Waals surface area contributed by atoms with Gasteiger partial charge in [0.25, 0.3) is 5.91 Å². The number of benzene rings is 1. The van der Waals surface area contributed by atoms with Crippen LogP contribution < -0.4 is 20.2 Å². The Hall–Kier alpha value is -3.68. The minimum atomic E-state index is -0.432. The highest BCUT2D eigenvalue weighted by Gasteiger charge is 2.39. The van der Waals surface area contributed by atoms with Gasteiger partial charge >= 0.3 is 0 Å². The summed E-state index contributed by atoms with van der Waals surface area (Å²) >= 11 is 3.08. The molecule has 1 aliphatic heterocycles. The summed E-state index contributed by atoms with van der Waals surface area (Å²) in [5, 5.41) is 7.32. The predicted molar refractivity (Wildman–Crippen MR) is 220 cm³/mol. The first-order chi connectivity index (χ1) is 26.0. The number of aromatic amines is 1. The van der Waals surface area contributed by atoms with Gasteiger partial charge in [-0.2, -0.15) is 0 Å². The first-order valence-corrected chi connectivity index (χ1v) is 21.1. The monoisotopic (exact) mass is 781 g/mol. The molecule has 1 aromatic carbocycles. The molecule has 3 heterocycles. The molecule has 0 spiro atoms. The Kier molecular flexibility index (Phi) is 17.1. The number of H-pyrrole nitrogens is 1. The van der Waals surface area contributed by atoms with Crippen LogP contribution in [0.1, 0.15) is 109 Å². The molecule has 1 saturated heterocycles. The first-order valence-electron chi connectivity index (χ1n) is 19.3. The van der Waals surface area contributed by atoms with Crippen LogP contribution in [0.5, 0.6) is 5.75 Å². The lowest BCUT2D eigenvalue weighted by Crippen LogP contribution is -2.50. The van der Waals surface area contributed by atoms with Crippen LogP contribution >= 0.6 is 23.3 Å². The highest BCUT2D eigenvalue weighted by atomic mass is 32.2. The van der Waals surface area contributed by atoms with Gasteiger partial charge in [0, 0.05) is 46.8 Å². The van der Waals surface area contributed by atoms with Gasteiger partial charge < -0.3 is 29.4 Å². The number of aryl methyl sites for hydroxylation is 1. The number of hydrogen-bond donors (Lipinski definition) is 3. The fourth-order valence-electron chi connectivity index (χ4n) is 6.06. The number of pyridine rings is 1. The molecule has 2 aromatic heterocycles. The fraction of sp³-hybridized carbons (Fsp3) is 0.585. The number of nitrogens with zero attached hydrogens (tertiary/aromatic N) is 2. The molecule has 3 aliphatic rings. The molecule has 13 heteroatoms. The minimum absolute atomic E-state index is 0.00389. The van der Waals surface area contributed by atoms with Crippen LogP contribution in [0.25, 0.3) is 21.6 Å². The molecule has 54 heavy (non-hydrogen) atoms. The summed E-state index contributed by atoms with van der Waals surface area (Å²) in [4.78, 5) is 57.2. The summed E-state index contributed by atoms with van der Waals surface area (Å²) in [5.74, 6) is 1.53. The number of thiazole rings is 1. The lowest BCUT2D eigenvalue weighted by molar-refractivity contribution is -0.149. The lowest BCUT2D eigenvalue weighted by Gasteiger charge is -2.29. The highest BCUT2D eigenvalue weighted by Crippen LogP contribution is 2.31. The second kappa shape index (κ2) is 21.4. The molecule has 2 saturated carbocycles. The SMILES string of the molecule is C=CCCCCO[C@H](CC(C)C)C(=O)N1CCCC1C(=O)NC1CC1.COc1ccc2c(=O)cc(-c3nc(C(C)C)cs3)[nH]c2c1C.O=CNSC1CC1. The van der Waals surface area contributed by atoms with E-state index in [2.05, 4.69) is 54.3 Å². The average Bonchev–Trinajstić information content (AvgIpc) is 4.05. The van der Waals surface area contributed by atoms with E-state index in [1.807, 2.05) is 24.4 Å². The first kappa shape index (κ1) is 43.1. The van der Waals surface area contributed by atoms with E-state index in [4.69, 9.17) is 9.47 Å². The van der Waals surface area contributed by atoms with E-state index >= 15 is 0 Å². The Balaban J connectivity index is 0.000000205. The van der Waals surface area contributed by atoms with Gasteiger partial charge in [0.1, 0.15) is 22.9 Å². The zero-order valence-electron chi connectivity index (χ0n) is 32.8. The van der Waals surface area contributed by atoms with Gasteiger partial charge in [-0.25, -0.2) is 4.98 Å². The third kappa shape index (κ3) is 13.0. The Morgan fingerprint density at radius 1 is 1.15 bits per heavy atom. The maximum absolute atomic E-state index is 13.0. The van der Waals surface area contributed by atoms with Crippen molar-refractivity contribution in [3.8, 4) is 16.5 Å². The number of hydrogen-bond acceptors (Lipinski definition) is 9. The number of carbonyl (C=O) groups is 3. The van der Waals surface area contributed by atoms with Crippen molar-refractivity contribution in [1.82, 2.24) is 24.9 Å². The summed E-state index contributed by atoms with van der Waals surface area (Å²) < 4.78 is 13.8. The number of ether oxygens (including phenoxy) is 2. The lowest BCUT2D eigenvalue weighted by atomic mass is 10.0. The van der Waals surface area contributed by atoms with Gasteiger partial charge in [0.2, 0.25) is 12.3 Å². The molecule has 0 bridgehead atoms. The van der Waals surface area contributed by atoms with Gasteiger partial charge in [0.15, 0.2) is 5.43 Å². The summed E-state index contributed by atoms with van der Waals surface area (Å²) in [7, 11) is 1.63. The number of unbranched alkanes of at least 4 members (excludes halogenated alkanes) is 2. The number of aromatic nitrogens is 2. The largest absolute Gasteiger partial charge is 0.496 e. The molecule has 1 unspecified atom stereocenters. The Morgan fingerprint density at radius 3 is 2.52 bits per heavy atom. The maximum atomic E-state index is 13.0. The van der Waals surface area contributed by atoms with Crippen molar-refractivity contribution in [2.45, 2.75) is 128 Å². The van der Waals surface area contributed by atoms with Gasteiger partial charge in [-0.15, -0.1) is 17.9 Å². The van der Waals surface area contributed by atoms with Crippen molar-refractivity contribution in [2.24, 2.45) is 5.92 Å². The average molecular weight is 782 g/mol. The smallest absolute Gasteiger partial charge is 0.252 e. The Morgan fingerprint density at radius 2 is 1.91 bits per heavy atom. The van der Waals surface area contributed by atoms with E-state index in [0.717, 1.165) is 89.8 Å². The van der Waals surface area contributed by atoms with E-state index in [9.17, 15) is 19.2 Å². The van der Waals surface area contributed by atoms with Crippen molar-refractivity contribution in [1.29, 1.82) is 0 Å². The predicted octanol–water partition coefficient (Wildman–Crippen LogP) is 7.68. The molecule has 3 N–H and O–H groups in total. The van der Waals surface area contributed by atoms with Gasteiger partial charge in [-0.3, -0.25) is 19.2 Å². The van der Waals surface area contributed by atoms with Crippen molar-refractivity contribution in [3.05, 3.63) is 57.7 Å². The van der Waals surface area contributed by atoms with Gasteiger partial charge in [-0.1, -0.05) is 33.8 Å². The second-order valence-corrected chi connectivity index (χ2v) is 16.9. The second-order valence-electron chi connectivity index (χ2n) is 14.9. The number of likely N-dealkylation sites (tertiary alicyclic amines) is 1. The number of rotatable bonds is 17. The molecular weight excluding hydrogens is 723 g/mol. The maximum Gasteiger partial charge on any atom is 0.252 e. The number of fused-ring (bicyclic) bond motifs is 1. The standard InChI is InChI=1S/C20H34N2O3.C17H18N2O2S.C4H7NOS/c1-4-5-6-7-13-25-18(14-15(2)3)20(24)22-12-8-9-17(22)19(23)21-16-10-11-16;1-9(2)13-8-22-17(19-13)12-7-14(20)11-5-6-15(21-4)10(3)16(11)18-12;6-3-5-7-4-1-2-4/h4,15-18H,1,5-14H2,2-3H3,(H,21,23);5-9H,1-4H3,(H,18,20);3-4H,1-2H2,(H,5,6)/t17?,18-;;/m1../s1. The van der Waals surface area contributed by atoms with Crippen LogP contribution in [0.3, 0.4) is 0 Å². The zero-order chi connectivity index (χ0) is 39.2. The molecule has 2 atom stereocenters.